The number of nitrogens with two attached hydrogens (primary N) is 2. The summed E-state index contributed by atoms with van der Waals surface area (Å²) in [5, 5.41) is 12.4. The van der Waals surface area contributed by atoms with Crippen LogP contribution in [0.25, 0.3) is 0 Å². The van der Waals surface area contributed by atoms with Crippen molar-refractivity contribution in [2.75, 3.05) is 12.4 Å². The SMILES string of the molecule is CC(=O)OC1CC2CC1C1C3CC(C(C)C3C)C21.CC1C(C)C2CC1C1C3CC(C(=O)NC(C)(C)CS(=O)(=O)O)C(C3)C21.CC1C(C)C2CC1C1C3CC(C(N)=O)C(C3)C21.CC1C(C)C2CC1C1C3CC(C21)C(C)(C(N)=O)C3.CC1C(C)C2CC1C1C3CC(CO)C(C3)C21.CC1C(C)C2CC1C1C=CCC12.CC1C(C)C2CC1C1CCCC21.CC1CC2C3CCC(C3)C2C1C. The van der Waals surface area contributed by atoms with Gasteiger partial charge < -0.3 is 26.6 Å². The fourth-order valence-electron chi connectivity index (χ4n) is 47.5. The van der Waals surface area contributed by atoms with Gasteiger partial charge in [0.25, 0.3) is 10.1 Å². The molecule has 63 atom stereocenters. The van der Waals surface area contributed by atoms with E-state index in [4.69, 9.17) is 20.8 Å². The maximum Gasteiger partial charge on any atom is 0.302 e. The molecule has 0 radical (unpaired) electrons. The lowest BCUT2D eigenvalue weighted by molar-refractivity contribution is -0.152. The Morgan fingerprint density at radius 3 is 1.28 bits per heavy atom. The molecule has 28 fully saturated rings. The van der Waals surface area contributed by atoms with Crippen LogP contribution in [0.2, 0.25) is 0 Å². The Morgan fingerprint density at radius 2 is 0.792 bits per heavy atom. The average Bonchev–Trinajstić information content (AvgIpc) is 1.53. The fraction of sp³-hybridized carbons (Fsp3) is 0.949. The number of aliphatic hydroxyl groups is 1. The molecule has 0 aromatic rings. The van der Waals surface area contributed by atoms with Crippen molar-refractivity contribution in [1.82, 2.24) is 5.32 Å². The van der Waals surface area contributed by atoms with Gasteiger partial charge in [-0.05, 0) is 517 Å². The minimum absolute atomic E-state index is 0.0110. The number of hydrogen-bond acceptors (Lipinski definition) is 8. The van der Waals surface area contributed by atoms with E-state index in [0.29, 0.717) is 48.0 Å². The van der Waals surface area contributed by atoms with Gasteiger partial charge in [-0.1, -0.05) is 136 Å². The van der Waals surface area contributed by atoms with Gasteiger partial charge in [-0.15, -0.1) is 0 Å². The molecule has 29 rings (SSSR count). The molecule has 13 heteroatoms. The van der Waals surface area contributed by atoms with Crippen LogP contribution in [-0.2, 0) is 34.0 Å². The third-order valence-corrected chi connectivity index (χ3v) is 54.4. The number of carbonyl (C=O) groups is 4. The van der Waals surface area contributed by atoms with Crippen LogP contribution >= 0.6 is 0 Å². The maximum atomic E-state index is 12.9. The Balaban J connectivity index is 0.0000000881. The van der Waals surface area contributed by atoms with Crippen molar-refractivity contribution in [3.8, 4) is 0 Å². The second-order valence-corrected chi connectivity index (χ2v) is 58.0. The standard InChI is InChI=1S/C19H31NO4S.C16H25NO.C16H24O2.C15H23NO.C15H24O.2C12H20.C12H18/c1-9-10(2)13-7-12(9)16-11-5-14(17(13)16)15(6-11)18(21)20-19(3,4)8-25(22,23)24;1-7-8(2)11-5-10(7)13-9-4-12(14(11)13)16(3,6-9)15(17)18;1-7-8(2)12-6-11(7)15-10-4-13(16(12)15)14(5-10)18-9(3)17;1-6-7(2)10-5-9(6)13-8-3-11(14(10)13)12(4-8)15(16)17;1-7-8(2)12-5-11(7)14-9-3-10(6-16)13(4-9)15(12)14;1-7-5-11-9-3-4-10(6-9)12(11)8(7)2;2*1-7-8(2)12-6-11(7)9-4-3-5-10(9)12/h9-17H,5-8H2,1-4H3,(H,20,21)(H,22,23,24);7-14H,4-6H2,1-3H3,(H2,17,18);7-8,10-16H,4-6H2,1-3H3;6-14H,3-5H2,1-2H3,(H2,16,17);7-16H,3-6H2,1-2H3;2*7-12H,3-6H2,1-2H3;3-4,7-12H,5-6H2,1-2H3. The summed E-state index contributed by atoms with van der Waals surface area (Å²) in [6.45, 7) is 47.0. The molecule has 12 nitrogen and oxygen atoms in total. The van der Waals surface area contributed by atoms with Crippen LogP contribution in [0.3, 0.4) is 0 Å². The fourth-order valence-corrected chi connectivity index (χ4v) is 48.5. The van der Waals surface area contributed by atoms with E-state index in [9.17, 15) is 32.7 Å². The zero-order valence-electron chi connectivity index (χ0n) is 84.9. The van der Waals surface area contributed by atoms with E-state index in [1.807, 2.05) is 0 Å². The van der Waals surface area contributed by atoms with Gasteiger partial charge in [-0.2, -0.15) is 8.42 Å². The zero-order valence-corrected chi connectivity index (χ0v) is 85.7. The van der Waals surface area contributed by atoms with E-state index in [2.05, 4.69) is 135 Å². The molecule has 3 amide bonds. The number of amides is 3. The van der Waals surface area contributed by atoms with E-state index in [0.717, 1.165) is 322 Å². The van der Waals surface area contributed by atoms with Crippen molar-refractivity contribution in [3.63, 3.8) is 0 Å². The zero-order chi connectivity index (χ0) is 91.5. The monoisotopic (exact) mass is 1810 g/mol. The molecule has 7 N–H and O–H groups in total. The lowest BCUT2D eigenvalue weighted by Crippen LogP contribution is -2.52. The molecule has 0 spiro atoms. The third kappa shape index (κ3) is 14.0. The minimum atomic E-state index is -4.11. The predicted molar refractivity (Wildman–Crippen MR) is 516 cm³/mol. The highest BCUT2D eigenvalue weighted by atomic mass is 32.2. The van der Waals surface area contributed by atoms with E-state index in [1.54, 1.807) is 78.6 Å². The molecular weight excluding hydrogens is 1620 g/mol. The Hall–Kier alpha value is -2.51. The van der Waals surface area contributed by atoms with Gasteiger partial charge in [0.2, 0.25) is 17.7 Å². The van der Waals surface area contributed by atoms with Crippen LogP contribution in [0, 0.1) is 366 Å². The highest BCUT2D eigenvalue weighted by Crippen LogP contribution is 2.79. The van der Waals surface area contributed by atoms with E-state index >= 15 is 0 Å². The van der Waals surface area contributed by atoms with Crippen LogP contribution in [0.4, 0.5) is 0 Å². The van der Waals surface area contributed by atoms with Crippen LogP contribution in [0.15, 0.2) is 12.2 Å². The van der Waals surface area contributed by atoms with Crippen molar-refractivity contribution < 1.29 is 42.0 Å². The number of rotatable bonds is 8. The minimum Gasteiger partial charge on any atom is -0.462 e. The third-order valence-electron chi connectivity index (χ3n) is 53.3. The van der Waals surface area contributed by atoms with Crippen molar-refractivity contribution in [3.05, 3.63) is 12.2 Å². The van der Waals surface area contributed by atoms with Gasteiger partial charge in [0.05, 0.1) is 11.3 Å². The molecule has 130 heavy (non-hydrogen) atoms. The summed E-state index contributed by atoms with van der Waals surface area (Å²) in [6.07, 6.45) is 40.3. The molecule has 29 aliphatic rings. The van der Waals surface area contributed by atoms with Gasteiger partial charge in [-0.25, -0.2) is 0 Å². The lowest BCUT2D eigenvalue weighted by Gasteiger charge is -2.46. The van der Waals surface area contributed by atoms with Crippen LogP contribution in [0.1, 0.15) is 299 Å². The van der Waals surface area contributed by atoms with Gasteiger partial charge >= 0.3 is 5.97 Å². The van der Waals surface area contributed by atoms with Crippen molar-refractivity contribution in [2.45, 2.75) is 311 Å². The largest absolute Gasteiger partial charge is 0.462 e. The molecule has 0 aromatic heterocycles. The molecule has 0 heterocycles. The summed E-state index contributed by atoms with van der Waals surface area (Å²) in [4.78, 5) is 47.5. The summed E-state index contributed by atoms with van der Waals surface area (Å²) < 4.78 is 37.1. The summed E-state index contributed by atoms with van der Waals surface area (Å²) in [5.74, 6) is 54.9. The summed E-state index contributed by atoms with van der Waals surface area (Å²) in [7, 11) is -4.11. The first-order chi connectivity index (χ1) is 61.7. The van der Waals surface area contributed by atoms with Crippen molar-refractivity contribution in [2.24, 2.45) is 378 Å². The first kappa shape index (κ1) is 92.5. The molecule has 728 valence electrons. The first-order valence-corrected chi connectivity index (χ1v) is 58.6. The number of fused-ring (bicyclic) bond motifs is 60. The predicted octanol–water partition coefficient (Wildman–Crippen LogP) is 23.2. The smallest absolute Gasteiger partial charge is 0.302 e. The Labute approximate surface area is 789 Å². The molecule has 63 unspecified atom stereocenters. The number of carbonyl (C=O) groups excluding carboxylic acids is 4. The highest BCUT2D eigenvalue weighted by molar-refractivity contribution is 7.85. The van der Waals surface area contributed by atoms with Crippen LogP contribution in [0.5, 0.6) is 0 Å². The summed E-state index contributed by atoms with van der Waals surface area (Å²) in [6, 6.07) is 0. The average molecular weight is 1810 g/mol. The topological polar surface area (TPSA) is 216 Å². The number of primary amides is 2. The number of hydrogen-bond donors (Lipinski definition) is 5. The van der Waals surface area contributed by atoms with Crippen molar-refractivity contribution >= 4 is 33.8 Å². The number of esters is 1. The van der Waals surface area contributed by atoms with Gasteiger partial charge in [-0.3, -0.25) is 23.7 Å². The summed E-state index contributed by atoms with van der Waals surface area (Å²) >= 11 is 0. The second-order valence-electron chi connectivity index (χ2n) is 56.5. The number of nitrogens with one attached hydrogen (secondary N) is 1. The normalized spacial score (nSPS) is 60.1. The molecule has 0 aromatic carbocycles. The van der Waals surface area contributed by atoms with E-state index < -0.39 is 21.4 Å². The van der Waals surface area contributed by atoms with Gasteiger partial charge in [0.1, 0.15) is 6.10 Å². The van der Waals surface area contributed by atoms with Crippen molar-refractivity contribution in [1.29, 1.82) is 0 Å². The Morgan fingerprint density at radius 1 is 0.392 bits per heavy atom. The Bertz CT molecular complexity index is 4370. The van der Waals surface area contributed by atoms with Crippen LogP contribution < -0.4 is 16.8 Å². The maximum absolute atomic E-state index is 12.9. The molecule has 0 aliphatic heterocycles. The number of aliphatic hydroxyl groups excluding tert-OH is 1. The van der Waals surface area contributed by atoms with Gasteiger partial charge in [0, 0.05) is 30.8 Å². The molecular formula is C117H185N3O9S. The quantitative estimate of drug-likeness (QED) is 0.0675. The van der Waals surface area contributed by atoms with Crippen LogP contribution in [-0.4, -0.2) is 65.8 Å². The molecule has 28 saturated carbocycles. The molecule has 29 aliphatic carbocycles. The van der Waals surface area contributed by atoms with E-state index in [1.165, 1.54) is 88.9 Å². The number of allylic oxidation sites excluding steroid dienone is 2. The number of ether oxygens (including phenoxy) is 1. The molecule has 26 bridgehead atoms. The summed E-state index contributed by atoms with van der Waals surface area (Å²) in [5.41, 5.74) is 10.2. The lowest BCUT2D eigenvalue weighted by atomic mass is 9.58. The van der Waals surface area contributed by atoms with E-state index in [-0.39, 0.29) is 47.0 Å². The first-order valence-electron chi connectivity index (χ1n) is 57.0. The second kappa shape index (κ2) is 33.3. The highest BCUT2D eigenvalue weighted by Gasteiger charge is 2.74. The van der Waals surface area contributed by atoms with Gasteiger partial charge in [0.15, 0.2) is 0 Å². The molecule has 0 saturated heterocycles. The Kier molecular flexibility index (Phi) is 23.7.